The Bertz CT molecular complexity index is 1270. The lowest BCUT2D eigenvalue weighted by Crippen LogP contribution is -2.32. The van der Waals surface area contributed by atoms with Crippen LogP contribution in [0.25, 0.3) is 5.57 Å². The summed E-state index contributed by atoms with van der Waals surface area (Å²) in [6.07, 6.45) is 2.39. The highest BCUT2D eigenvalue weighted by atomic mass is 16.2. The fourth-order valence-electron chi connectivity index (χ4n) is 4.64. The maximum Gasteiger partial charge on any atom is 0.282 e. The van der Waals surface area contributed by atoms with E-state index in [9.17, 15) is 9.59 Å². The minimum atomic E-state index is -0.351. The van der Waals surface area contributed by atoms with Gasteiger partial charge < -0.3 is 15.1 Å². The second-order valence-electron chi connectivity index (χ2n) is 9.34. The smallest absolute Gasteiger partial charge is 0.282 e. The number of amides is 2. The number of rotatable bonds is 6. The predicted molar refractivity (Wildman–Crippen MR) is 143 cm³/mol. The number of hydrogen-bond acceptors (Lipinski definition) is 5. The van der Waals surface area contributed by atoms with Gasteiger partial charge in [0.05, 0.1) is 11.3 Å². The number of anilines is 4. The SMILES string of the molecule is Cc1ccc(C2=C(Nc3ccc(N(C)C)cc3)C(=O)N(c3ccc(N4CCCC4)cc3)C2=O)cc1. The number of nitrogens with one attached hydrogen (secondary N) is 1. The van der Waals surface area contributed by atoms with Crippen LogP contribution in [0.4, 0.5) is 22.7 Å². The van der Waals surface area contributed by atoms with Crippen LogP contribution in [0.5, 0.6) is 0 Å². The second-order valence-corrected chi connectivity index (χ2v) is 9.34. The summed E-state index contributed by atoms with van der Waals surface area (Å²) in [5.74, 6) is -0.670. The van der Waals surface area contributed by atoms with Crippen molar-refractivity contribution in [3.63, 3.8) is 0 Å². The van der Waals surface area contributed by atoms with Gasteiger partial charge in [-0.1, -0.05) is 29.8 Å². The molecule has 2 amide bonds. The van der Waals surface area contributed by atoms with E-state index in [1.54, 1.807) is 0 Å². The van der Waals surface area contributed by atoms with Gasteiger partial charge in [0.15, 0.2) is 0 Å². The molecule has 0 aliphatic carbocycles. The van der Waals surface area contributed by atoms with Crippen LogP contribution in [0, 0.1) is 6.92 Å². The summed E-state index contributed by atoms with van der Waals surface area (Å²) >= 11 is 0. The highest BCUT2D eigenvalue weighted by molar-refractivity contribution is 6.46. The minimum Gasteiger partial charge on any atom is -0.378 e. The summed E-state index contributed by atoms with van der Waals surface area (Å²) in [6, 6.07) is 23.2. The molecular formula is C29H30N4O2. The zero-order valence-corrected chi connectivity index (χ0v) is 20.4. The molecule has 2 aliphatic rings. The van der Waals surface area contributed by atoms with Gasteiger partial charge >= 0.3 is 0 Å². The van der Waals surface area contributed by atoms with Crippen molar-refractivity contribution in [2.24, 2.45) is 0 Å². The van der Waals surface area contributed by atoms with Gasteiger partial charge in [-0.15, -0.1) is 0 Å². The molecular weight excluding hydrogens is 436 g/mol. The highest BCUT2D eigenvalue weighted by Crippen LogP contribution is 2.35. The number of carbonyl (C=O) groups excluding carboxylic acids is 2. The van der Waals surface area contributed by atoms with Crippen LogP contribution in [0.15, 0.2) is 78.5 Å². The number of benzene rings is 3. The molecule has 6 heteroatoms. The first-order valence-electron chi connectivity index (χ1n) is 12.0. The van der Waals surface area contributed by atoms with Crippen molar-refractivity contribution in [2.45, 2.75) is 19.8 Å². The number of hydrogen-bond donors (Lipinski definition) is 1. The van der Waals surface area contributed by atoms with Crippen molar-refractivity contribution < 1.29 is 9.59 Å². The Kier molecular flexibility index (Phi) is 6.03. The first-order valence-corrected chi connectivity index (χ1v) is 12.0. The molecule has 6 nitrogen and oxygen atoms in total. The topological polar surface area (TPSA) is 55.9 Å². The van der Waals surface area contributed by atoms with Crippen LogP contribution < -0.4 is 20.0 Å². The van der Waals surface area contributed by atoms with Crippen LogP contribution >= 0.6 is 0 Å². The molecule has 178 valence electrons. The Morgan fingerprint density at radius 3 is 1.94 bits per heavy atom. The Morgan fingerprint density at radius 1 is 0.743 bits per heavy atom. The van der Waals surface area contributed by atoms with Crippen LogP contribution in [0.2, 0.25) is 0 Å². The highest BCUT2D eigenvalue weighted by Gasteiger charge is 2.40. The van der Waals surface area contributed by atoms with E-state index in [1.807, 2.05) is 98.7 Å². The van der Waals surface area contributed by atoms with Gasteiger partial charge in [-0.2, -0.15) is 0 Å². The molecule has 0 unspecified atom stereocenters. The van der Waals surface area contributed by atoms with Gasteiger partial charge in [0.2, 0.25) is 0 Å². The fourth-order valence-corrected chi connectivity index (χ4v) is 4.64. The molecule has 5 rings (SSSR count). The van der Waals surface area contributed by atoms with Crippen LogP contribution in [-0.2, 0) is 9.59 Å². The molecule has 0 radical (unpaired) electrons. The molecule has 2 aliphatic heterocycles. The van der Waals surface area contributed by atoms with Crippen molar-refractivity contribution in [1.29, 1.82) is 0 Å². The second kappa shape index (κ2) is 9.29. The minimum absolute atomic E-state index is 0.292. The van der Waals surface area contributed by atoms with Crippen molar-refractivity contribution in [2.75, 3.05) is 47.2 Å². The molecule has 0 bridgehead atoms. The summed E-state index contributed by atoms with van der Waals surface area (Å²) in [6.45, 7) is 4.08. The molecule has 0 aromatic heterocycles. The normalized spacial score (nSPS) is 15.9. The molecule has 2 heterocycles. The molecule has 3 aromatic rings. The van der Waals surface area contributed by atoms with E-state index in [1.165, 1.54) is 17.7 Å². The summed E-state index contributed by atoms with van der Waals surface area (Å²) in [7, 11) is 3.96. The van der Waals surface area contributed by atoms with Gasteiger partial charge in [-0.05, 0) is 73.9 Å². The predicted octanol–water partition coefficient (Wildman–Crippen LogP) is 5.06. The standard InChI is InChI=1S/C29H30N4O2/c1-20-6-8-21(9-7-20)26-27(30-22-10-12-23(13-11-22)31(2)3)29(35)33(28(26)34)25-16-14-24(15-17-25)32-18-4-5-19-32/h6-17,30H,4-5,18-19H2,1-3H3. The van der Waals surface area contributed by atoms with E-state index >= 15 is 0 Å². The van der Waals surface area contributed by atoms with E-state index in [2.05, 4.69) is 10.2 Å². The third-order valence-corrected chi connectivity index (χ3v) is 6.66. The van der Waals surface area contributed by atoms with Crippen LogP contribution in [0.3, 0.4) is 0 Å². The number of imide groups is 1. The summed E-state index contributed by atoms with van der Waals surface area (Å²) in [5.41, 5.74) is 5.99. The Balaban J connectivity index is 1.50. The summed E-state index contributed by atoms with van der Waals surface area (Å²) in [5, 5.41) is 3.25. The third kappa shape index (κ3) is 4.39. The molecule has 1 fully saturated rings. The molecule has 3 aromatic carbocycles. The first kappa shape index (κ1) is 22.7. The maximum atomic E-state index is 13.7. The summed E-state index contributed by atoms with van der Waals surface area (Å²) in [4.78, 5) is 33.0. The molecule has 35 heavy (non-hydrogen) atoms. The molecule has 1 N–H and O–H groups in total. The van der Waals surface area contributed by atoms with Crippen molar-refractivity contribution in [3.05, 3.63) is 89.6 Å². The van der Waals surface area contributed by atoms with Gasteiger partial charge in [-0.25, -0.2) is 4.90 Å². The first-order chi connectivity index (χ1) is 16.9. The average molecular weight is 467 g/mol. The lowest BCUT2D eigenvalue weighted by molar-refractivity contribution is -0.120. The summed E-state index contributed by atoms with van der Waals surface area (Å²) < 4.78 is 0. The molecule has 0 spiro atoms. The van der Waals surface area contributed by atoms with Crippen molar-refractivity contribution >= 4 is 40.1 Å². The largest absolute Gasteiger partial charge is 0.378 e. The van der Waals surface area contributed by atoms with Crippen molar-refractivity contribution in [1.82, 2.24) is 0 Å². The van der Waals surface area contributed by atoms with Gasteiger partial charge in [-0.3, -0.25) is 9.59 Å². The monoisotopic (exact) mass is 466 g/mol. The van der Waals surface area contributed by atoms with Crippen molar-refractivity contribution in [3.8, 4) is 0 Å². The lowest BCUT2D eigenvalue weighted by Gasteiger charge is -2.20. The maximum absolute atomic E-state index is 13.7. The van der Waals surface area contributed by atoms with E-state index in [0.717, 1.165) is 41.3 Å². The van der Waals surface area contributed by atoms with E-state index < -0.39 is 0 Å². The van der Waals surface area contributed by atoms with E-state index in [0.29, 0.717) is 17.0 Å². The third-order valence-electron chi connectivity index (χ3n) is 6.66. The van der Waals surface area contributed by atoms with Crippen LogP contribution in [0.1, 0.15) is 24.0 Å². The molecule has 0 atom stereocenters. The van der Waals surface area contributed by atoms with E-state index in [4.69, 9.17) is 0 Å². The number of nitrogens with zero attached hydrogens (tertiary/aromatic N) is 3. The fraction of sp³-hybridized carbons (Fsp3) is 0.241. The Hall–Kier alpha value is -4.06. The van der Waals surface area contributed by atoms with Gasteiger partial charge in [0.25, 0.3) is 11.8 Å². The quantitative estimate of drug-likeness (QED) is 0.515. The zero-order chi connectivity index (χ0) is 24.5. The van der Waals surface area contributed by atoms with Crippen LogP contribution in [-0.4, -0.2) is 39.0 Å². The van der Waals surface area contributed by atoms with Gasteiger partial charge in [0.1, 0.15) is 5.70 Å². The Morgan fingerprint density at radius 2 is 1.34 bits per heavy atom. The zero-order valence-electron chi connectivity index (χ0n) is 20.4. The molecule has 1 saturated heterocycles. The van der Waals surface area contributed by atoms with E-state index in [-0.39, 0.29) is 11.8 Å². The number of carbonyl (C=O) groups is 2. The Labute approximate surface area is 206 Å². The van der Waals surface area contributed by atoms with Gasteiger partial charge in [0, 0.05) is 44.2 Å². The lowest BCUT2D eigenvalue weighted by atomic mass is 10.0. The average Bonchev–Trinajstić information content (AvgIpc) is 3.48. The number of aryl methyl sites for hydroxylation is 1. The molecule has 0 saturated carbocycles.